The standard InChI is InChI=1S/C22H20FNO4/c1-26-21-5-3-2-4-20(21)22(25)24-17-8-12-19(13-9-17)28-15-14-27-18-10-6-16(23)7-11-18/h2-13H,14-15H2,1H3,(H,24,25). The minimum Gasteiger partial charge on any atom is -0.496 e. The maximum Gasteiger partial charge on any atom is 0.259 e. The minimum absolute atomic E-state index is 0.251. The number of rotatable bonds is 8. The Kier molecular flexibility index (Phi) is 6.46. The van der Waals surface area contributed by atoms with Crippen molar-refractivity contribution in [2.75, 3.05) is 25.6 Å². The predicted octanol–water partition coefficient (Wildman–Crippen LogP) is 4.54. The lowest BCUT2D eigenvalue weighted by molar-refractivity contribution is 0.102. The number of ether oxygens (including phenoxy) is 3. The van der Waals surface area contributed by atoms with Crippen molar-refractivity contribution in [2.24, 2.45) is 0 Å². The molecule has 1 N–H and O–H groups in total. The normalized spacial score (nSPS) is 10.2. The smallest absolute Gasteiger partial charge is 0.259 e. The number of hydrogen-bond donors (Lipinski definition) is 1. The van der Waals surface area contributed by atoms with E-state index in [0.717, 1.165) is 0 Å². The highest BCUT2D eigenvalue weighted by atomic mass is 19.1. The molecule has 0 atom stereocenters. The van der Waals surface area contributed by atoms with Crippen LogP contribution >= 0.6 is 0 Å². The number of nitrogens with one attached hydrogen (secondary N) is 1. The van der Waals surface area contributed by atoms with Crippen LogP contribution in [0.3, 0.4) is 0 Å². The Hall–Kier alpha value is -3.54. The first-order valence-electron chi connectivity index (χ1n) is 8.71. The van der Waals surface area contributed by atoms with Crippen LogP contribution in [0.4, 0.5) is 10.1 Å². The van der Waals surface area contributed by atoms with E-state index in [9.17, 15) is 9.18 Å². The zero-order chi connectivity index (χ0) is 19.8. The van der Waals surface area contributed by atoms with Gasteiger partial charge in [-0.3, -0.25) is 4.79 Å². The Morgan fingerprint density at radius 3 is 2.04 bits per heavy atom. The van der Waals surface area contributed by atoms with Crippen molar-refractivity contribution in [1.82, 2.24) is 0 Å². The number of methoxy groups -OCH3 is 1. The average Bonchev–Trinajstić information content (AvgIpc) is 2.73. The van der Waals surface area contributed by atoms with Crippen LogP contribution in [-0.4, -0.2) is 26.2 Å². The van der Waals surface area contributed by atoms with Crippen LogP contribution in [0.2, 0.25) is 0 Å². The van der Waals surface area contributed by atoms with Crippen molar-refractivity contribution in [2.45, 2.75) is 0 Å². The summed E-state index contributed by atoms with van der Waals surface area (Å²) in [5.74, 6) is 1.19. The lowest BCUT2D eigenvalue weighted by Gasteiger charge is -2.11. The topological polar surface area (TPSA) is 56.8 Å². The van der Waals surface area contributed by atoms with Crippen LogP contribution in [0.15, 0.2) is 72.8 Å². The molecule has 5 nitrogen and oxygen atoms in total. The number of halogens is 1. The Bertz CT molecular complexity index is 911. The SMILES string of the molecule is COc1ccccc1C(=O)Nc1ccc(OCCOc2ccc(F)cc2)cc1. The summed E-state index contributed by atoms with van der Waals surface area (Å²) in [5.41, 5.74) is 1.11. The quantitative estimate of drug-likeness (QED) is 0.582. The van der Waals surface area contributed by atoms with Crippen LogP contribution in [-0.2, 0) is 0 Å². The van der Waals surface area contributed by atoms with Crippen LogP contribution in [0.5, 0.6) is 17.2 Å². The fourth-order valence-corrected chi connectivity index (χ4v) is 2.52. The van der Waals surface area contributed by atoms with E-state index in [1.807, 2.05) is 6.07 Å². The lowest BCUT2D eigenvalue weighted by Crippen LogP contribution is -2.13. The van der Waals surface area contributed by atoms with E-state index in [1.54, 1.807) is 54.6 Å². The van der Waals surface area contributed by atoms with E-state index < -0.39 is 0 Å². The second-order valence-electron chi connectivity index (χ2n) is 5.83. The van der Waals surface area contributed by atoms with E-state index in [-0.39, 0.29) is 11.7 Å². The van der Waals surface area contributed by atoms with Gasteiger partial charge in [-0.25, -0.2) is 4.39 Å². The van der Waals surface area contributed by atoms with Gasteiger partial charge in [-0.05, 0) is 60.7 Å². The van der Waals surface area contributed by atoms with Crippen LogP contribution in [0.25, 0.3) is 0 Å². The summed E-state index contributed by atoms with van der Waals surface area (Å²) in [5, 5.41) is 2.82. The number of benzene rings is 3. The highest BCUT2D eigenvalue weighted by molar-refractivity contribution is 6.06. The zero-order valence-electron chi connectivity index (χ0n) is 15.4. The largest absolute Gasteiger partial charge is 0.496 e. The van der Waals surface area contributed by atoms with Crippen LogP contribution in [0, 0.1) is 5.82 Å². The number of anilines is 1. The number of amides is 1. The van der Waals surface area contributed by atoms with E-state index in [1.165, 1.54) is 19.2 Å². The van der Waals surface area contributed by atoms with Gasteiger partial charge in [0.05, 0.1) is 12.7 Å². The summed E-state index contributed by atoms with van der Waals surface area (Å²) in [6.07, 6.45) is 0. The first-order valence-corrected chi connectivity index (χ1v) is 8.71. The minimum atomic E-state index is -0.304. The van der Waals surface area contributed by atoms with Crippen molar-refractivity contribution in [3.63, 3.8) is 0 Å². The van der Waals surface area contributed by atoms with E-state index >= 15 is 0 Å². The lowest BCUT2D eigenvalue weighted by atomic mass is 10.2. The van der Waals surface area contributed by atoms with Gasteiger partial charge in [-0.15, -0.1) is 0 Å². The zero-order valence-corrected chi connectivity index (χ0v) is 15.4. The van der Waals surface area contributed by atoms with Crippen molar-refractivity contribution in [3.05, 3.63) is 84.2 Å². The third-order valence-electron chi connectivity index (χ3n) is 3.90. The molecule has 0 aliphatic carbocycles. The van der Waals surface area contributed by atoms with Crippen molar-refractivity contribution in [1.29, 1.82) is 0 Å². The molecule has 1 amide bonds. The summed E-state index contributed by atoms with van der Waals surface area (Å²) in [6, 6.07) is 19.9. The van der Waals surface area contributed by atoms with Gasteiger partial charge < -0.3 is 19.5 Å². The molecule has 0 saturated heterocycles. The molecule has 0 heterocycles. The van der Waals surface area contributed by atoms with Gasteiger partial charge in [-0.2, -0.15) is 0 Å². The molecule has 144 valence electrons. The highest BCUT2D eigenvalue weighted by Crippen LogP contribution is 2.21. The summed E-state index contributed by atoms with van der Waals surface area (Å²) in [6.45, 7) is 0.669. The van der Waals surface area contributed by atoms with Gasteiger partial charge in [-0.1, -0.05) is 12.1 Å². The molecule has 0 unspecified atom stereocenters. The van der Waals surface area contributed by atoms with Gasteiger partial charge in [0.1, 0.15) is 36.3 Å². The fraction of sp³-hybridized carbons (Fsp3) is 0.136. The molecule has 0 radical (unpaired) electrons. The highest BCUT2D eigenvalue weighted by Gasteiger charge is 2.11. The molecule has 6 heteroatoms. The van der Waals surface area contributed by atoms with Crippen molar-refractivity contribution >= 4 is 11.6 Å². The van der Waals surface area contributed by atoms with Crippen LogP contribution in [0.1, 0.15) is 10.4 Å². The molecule has 3 aromatic carbocycles. The second kappa shape index (κ2) is 9.41. The van der Waals surface area contributed by atoms with E-state index in [2.05, 4.69) is 5.32 Å². The Labute approximate surface area is 162 Å². The summed E-state index contributed by atoms with van der Waals surface area (Å²) >= 11 is 0. The average molecular weight is 381 g/mol. The Morgan fingerprint density at radius 1 is 0.857 bits per heavy atom. The van der Waals surface area contributed by atoms with Gasteiger partial charge in [0.2, 0.25) is 0 Å². The molecule has 0 aromatic heterocycles. The second-order valence-corrected chi connectivity index (χ2v) is 5.83. The monoisotopic (exact) mass is 381 g/mol. The first kappa shape index (κ1) is 19.2. The molecule has 3 rings (SSSR count). The Morgan fingerprint density at radius 2 is 1.43 bits per heavy atom. The van der Waals surface area contributed by atoms with Crippen molar-refractivity contribution < 1.29 is 23.4 Å². The summed E-state index contributed by atoms with van der Waals surface area (Å²) < 4.78 is 29.1. The molecular formula is C22H20FNO4. The molecule has 0 fully saturated rings. The number of carbonyl (C=O) groups excluding carboxylic acids is 1. The molecule has 0 aliphatic heterocycles. The number of para-hydroxylation sites is 1. The maximum absolute atomic E-state index is 12.8. The molecule has 0 spiro atoms. The Balaban J connectivity index is 1.48. The van der Waals surface area contributed by atoms with E-state index in [0.29, 0.717) is 41.7 Å². The molecular weight excluding hydrogens is 361 g/mol. The summed E-state index contributed by atoms with van der Waals surface area (Å²) in [4.78, 5) is 12.4. The predicted molar refractivity (Wildman–Crippen MR) is 105 cm³/mol. The number of hydrogen-bond acceptors (Lipinski definition) is 4. The van der Waals surface area contributed by atoms with Gasteiger partial charge in [0.25, 0.3) is 5.91 Å². The molecule has 0 bridgehead atoms. The van der Waals surface area contributed by atoms with Crippen molar-refractivity contribution in [3.8, 4) is 17.2 Å². The molecule has 0 aliphatic rings. The number of carbonyl (C=O) groups is 1. The fourth-order valence-electron chi connectivity index (χ4n) is 2.52. The van der Waals surface area contributed by atoms with Gasteiger partial charge >= 0.3 is 0 Å². The van der Waals surface area contributed by atoms with Gasteiger partial charge in [0.15, 0.2) is 0 Å². The van der Waals surface area contributed by atoms with Crippen LogP contribution < -0.4 is 19.5 Å². The molecule has 3 aromatic rings. The maximum atomic E-state index is 12.8. The first-order chi connectivity index (χ1) is 13.7. The molecule has 28 heavy (non-hydrogen) atoms. The molecule has 0 saturated carbocycles. The summed E-state index contributed by atoms with van der Waals surface area (Å²) in [7, 11) is 1.53. The third-order valence-corrected chi connectivity index (χ3v) is 3.90. The van der Waals surface area contributed by atoms with Gasteiger partial charge in [0, 0.05) is 5.69 Å². The van der Waals surface area contributed by atoms with E-state index in [4.69, 9.17) is 14.2 Å². The third kappa shape index (κ3) is 5.23.